The molecule has 3 rings (SSSR count). The molecule has 0 aliphatic carbocycles. The van der Waals surface area contributed by atoms with Crippen LogP contribution in [0.4, 0.5) is 0 Å². The zero-order chi connectivity index (χ0) is 18.9. The van der Waals surface area contributed by atoms with Gasteiger partial charge in [-0.15, -0.1) is 12.4 Å². The summed E-state index contributed by atoms with van der Waals surface area (Å²) >= 11 is 0. The van der Waals surface area contributed by atoms with Crippen molar-refractivity contribution in [1.29, 1.82) is 0 Å². The maximum atomic E-state index is 12.3. The molecule has 0 saturated carbocycles. The fraction of sp³-hybridized carbons (Fsp3) is 0.682. The first-order valence-corrected chi connectivity index (χ1v) is 10.7. The number of likely N-dealkylation sites (tertiary alicyclic amines) is 1. The molecule has 1 N–H and O–H groups in total. The van der Waals surface area contributed by atoms with E-state index in [9.17, 15) is 4.79 Å². The van der Waals surface area contributed by atoms with Crippen molar-refractivity contribution in [2.24, 2.45) is 5.92 Å². The number of nitrogens with one attached hydrogen (secondary N) is 1. The molecule has 1 aromatic carbocycles. The molecule has 2 aliphatic heterocycles. The Kier molecular flexibility index (Phi) is 10.1. The van der Waals surface area contributed by atoms with Gasteiger partial charge in [0.05, 0.1) is 6.61 Å². The molecule has 5 nitrogen and oxygen atoms in total. The Bertz CT molecular complexity index is 568. The molecule has 0 radical (unpaired) electrons. The van der Waals surface area contributed by atoms with Crippen LogP contribution >= 0.6 is 12.4 Å². The number of aryl methyl sites for hydroxylation is 1. The van der Waals surface area contributed by atoms with Gasteiger partial charge in [0, 0.05) is 39.1 Å². The zero-order valence-corrected chi connectivity index (χ0v) is 18.0. The highest BCUT2D eigenvalue weighted by atomic mass is 35.5. The van der Waals surface area contributed by atoms with Crippen LogP contribution in [0.2, 0.25) is 0 Å². The van der Waals surface area contributed by atoms with Gasteiger partial charge in [-0.05, 0) is 69.3 Å². The highest BCUT2D eigenvalue weighted by Gasteiger charge is 2.21. The summed E-state index contributed by atoms with van der Waals surface area (Å²) in [7, 11) is 0. The Labute approximate surface area is 176 Å². The van der Waals surface area contributed by atoms with Gasteiger partial charge in [-0.2, -0.15) is 0 Å². The molecule has 0 aromatic heterocycles. The summed E-state index contributed by atoms with van der Waals surface area (Å²) in [4.78, 5) is 16.8. The maximum absolute atomic E-state index is 12.3. The molecule has 1 aromatic rings. The van der Waals surface area contributed by atoms with E-state index >= 15 is 0 Å². The Hall–Kier alpha value is -1.30. The molecular weight excluding hydrogens is 374 g/mol. The van der Waals surface area contributed by atoms with E-state index in [1.54, 1.807) is 0 Å². The number of benzene rings is 1. The standard InChI is InChI=1S/C22H35N3O2.ClH/c1-2-27-21-7-5-19(6-8-21)3-4-20-9-14-24(15-10-20)16-11-22(26)25-17-12-23-13-18-25;/h5-8,20,23H,2-4,9-18H2,1H3;1H. The number of hydrogen-bond acceptors (Lipinski definition) is 4. The van der Waals surface area contributed by atoms with E-state index in [-0.39, 0.29) is 12.4 Å². The molecule has 2 fully saturated rings. The van der Waals surface area contributed by atoms with Crippen LogP contribution in [0.25, 0.3) is 0 Å². The van der Waals surface area contributed by atoms with Crippen molar-refractivity contribution in [3.8, 4) is 5.75 Å². The van der Waals surface area contributed by atoms with Crippen LogP contribution in [-0.4, -0.2) is 68.1 Å². The Morgan fingerprint density at radius 2 is 1.79 bits per heavy atom. The lowest BCUT2D eigenvalue weighted by Crippen LogP contribution is -2.47. The lowest BCUT2D eigenvalue weighted by molar-refractivity contribution is -0.132. The molecular formula is C22H36ClN3O2. The lowest BCUT2D eigenvalue weighted by Gasteiger charge is -2.33. The Morgan fingerprint density at radius 3 is 2.43 bits per heavy atom. The quantitative estimate of drug-likeness (QED) is 0.716. The third-order valence-electron chi connectivity index (χ3n) is 5.89. The summed E-state index contributed by atoms with van der Waals surface area (Å²) < 4.78 is 5.51. The summed E-state index contributed by atoms with van der Waals surface area (Å²) in [6.45, 7) is 9.55. The van der Waals surface area contributed by atoms with Crippen LogP contribution in [0.15, 0.2) is 24.3 Å². The van der Waals surface area contributed by atoms with E-state index in [0.717, 1.165) is 70.5 Å². The number of amides is 1. The maximum Gasteiger partial charge on any atom is 0.223 e. The minimum atomic E-state index is 0. The van der Waals surface area contributed by atoms with Crippen LogP contribution in [0.5, 0.6) is 5.75 Å². The van der Waals surface area contributed by atoms with Crippen molar-refractivity contribution >= 4 is 18.3 Å². The van der Waals surface area contributed by atoms with Crippen LogP contribution in [0, 0.1) is 5.92 Å². The second-order valence-corrected chi connectivity index (χ2v) is 7.78. The fourth-order valence-corrected chi connectivity index (χ4v) is 4.11. The molecule has 0 atom stereocenters. The number of nitrogens with zero attached hydrogens (tertiary/aromatic N) is 2. The van der Waals surface area contributed by atoms with Gasteiger partial charge in [-0.1, -0.05) is 12.1 Å². The molecule has 28 heavy (non-hydrogen) atoms. The average molecular weight is 410 g/mol. The molecule has 0 spiro atoms. The molecule has 2 heterocycles. The van der Waals surface area contributed by atoms with Crippen LogP contribution in [0.1, 0.15) is 38.2 Å². The number of carbonyl (C=O) groups excluding carboxylic acids is 1. The van der Waals surface area contributed by atoms with E-state index < -0.39 is 0 Å². The summed E-state index contributed by atoms with van der Waals surface area (Å²) in [5.74, 6) is 2.11. The third-order valence-corrected chi connectivity index (χ3v) is 5.89. The Morgan fingerprint density at radius 1 is 1.11 bits per heavy atom. The first-order chi connectivity index (χ1) is 13.2. The first-order valence-electron chi connectivity index (χ1n) is 10.7. The van der Waals surface area contributed by atoms with E-state index in [0.29, 0.717) is 12.3 Å². The highest BCUT2D eigenvalue weighted by molar-refractivity contribution is 5.85. The lowest BCUT2D eigenvalue weighted by atomic mass is 9.90. The molecule has 6 heteroatoms. The number of piperidine rings is 1. The van der Waals surface area contributed by atoms with Crippen molar-refractivity contribution in [2.45, 2.75) is 39.0 Å². The number of rotatable bonds is 8. The molecule has 0 bridgehead atoms. The van der Waals surface area contributed by atoms with Crippen LogP contribution in [-0.2, 0) is 11.2 Å². The van der Waals surface area contributed by atoms with Gasteiger partial charge < -0.3 is 19.9 Å². The predicted octanol–water partition coefficient (Wildman–Crippen LogP) is 2.97. The summed E-state index contributed by atoms with van der Waals surface area (Å²) in [6, 6.07) is 8.55. The number of halogens is 1. The van der Waals surface area contributed by atoms with E-state index in [4.69, 9.17) is 4.74 Å². The van der Waals surface area contributed by atoms with Gasteiger partial charge in [0.25, 0.3) is 0 Å². The molecule has 1 amide bonds. The molecule has 0 unspecified atom stereocenters. The smallest absolute Gasteiger partial charge is 0.223 e. The largest absolute Gasteiger partial charge is 0.494 e. The number of piperazine rings is 1. The average Bonchev–Trinajstić information content (AvgIpc) is 2.73. The molecule has 2 saturated heterocycles. The van der Waals surface area contributed by atoms with Gasteiger partial charge >= 0.3 is 0 Å². The van der Waals surface area contributed by atoms with Gasteiger partial charge in [0.1, 0.15) is 5.75 Å². The number of carbonyl (C=O) groups is 1. The zero-order valence-electron chi connectivity index (χ0n) is 17.2. The van der Waals surface area contributed by atoms with E-state index in [2.05, 4.69) is 34.5 Å². The van der Waals surface area contributed by atoms with Crippen LogP contribution < -0.4 is 10.1 Å². The van der Waals surface area contributed by atoms with Crippen molar-refractivity contribution in [1.82, 2.24) is 15.1 Å². The van der Waals surface area contributed by atoms with E-state index in [1.807, 2.05) is 11.8 Å². The minimum absolute atomic E-state index is 0. The van der Waals surface area contributed by atoms with Gasteiger partial charge in [-0.25, -0.2) is 0 Å². The summed E-state index contributed by atoms with van der Waals surface area (Å²) in [5.41, 5.74) is 1.41. The van der Waals surface area contributed by atoms with Gasteiger partial charge in [0.2, 0.25) is 5.91 Å². The first kappa shape index (κ1) is 23.0. The second-order valence-electron chi connectivity index (χ2n) is 7.78. The van der Waals surface area contributed by atoms with Crippen LogP contribution in [0.3, 0.4) is 0 Å². The normalized spacial score (nSPS) is 18.5. The summed E-state index contributed by atoms with van der Waals surface area (Å²) in [6.07, 6.45) is 5.62. The van der Waals surface area contributed by atoms with Gasteiger partial charge in [0.15, 0.2) is 0 Å². The minimum Gasteiger partial charge on any atom is -0.494 e. The fourth-order valence-electron chi connectivity index (χ4n) is 4.11. The Balaban J connectivity index is 0.00000280. The molecule has 158 valence electrons. The van der Waals surface area contributed by atoms with Crippen molar-refractivity contribution in [2.75, 3.05) is 52.4 Å². The predicted molar refractivity (Wildman–Crippen MR) is 116 cm³/mol. The highest BCUT2D eigenvalue weighted by Crippen LogP contribution is 2.23. The number of hydrogen-bond donors (Lipinski definition) is 1. The second kappa shape index (κ2) is 12.3. The van der Waals surface area contributed by atoms with E-state index in [1.165, 1.54) is 24.8 Å². The summed E-state index contributed by atoms with van der Waals surface area (Å²) in [5, 5.41) is 3.30. The van der Waals surface area contributed by atoms with Crippen molar-refractivity contribution in [3.05, 3.63) is 29.8 Å². The van der Waals surface area contributed by atoms with Gasteiger partial charge in [-0.3, -0.25) is 4.79 Å². The van der Waals surface area contributed by atoms with Crippen molar-refractivity contribution < 1.29 is 9.53 Å². The monoisotopic (exact) mass is 409 g/mol. The SMILES string of the molecule is CCOc1ccc(CCC2CCN(CCC(=O)N3CCNCC3)CC2)cc1.Cl. The third kappa shape index (κ3) is 7.26. The molecule has 2 aliphatic rings. The topological polar surface area (TPSA) is 44.8 Å². The number of ether oxygens (including phenoxy) is 1. The van der Waals surface area contributed by atoms with Crippen molar-refractivity contribution in [3.63, 3.8) is 0 Å².